The second kappa shape index (κ2) is 5.56. The summed E-state index contributed by atoms with van der Waals surface area (Å²) in [7, 11) is -2.36. The predicted molar refractivity (Wildman–Crippen MR) is 89.0 cm³/mol. The lowest BCUT2D eigenvalue weighted by Crippen LogP contribution is -2.59. The van der Waals surface area contributed by atoms with Crippen molar-refractivity contribution in [1.82, 2.24) is 4.72 Å². The Labute approximate surface area is 142 Å². The molecular formula is C18H23NO4S. The number of rotatable bonds is 4. The van der Waals surface area contributed by atoms with Gasteiger partial charge in [0.15, 0.2) is 0 Å². The third-order valence-corrected chi connectivity index (χ3v) is 7.53. The zero-order valence-electron chi connectivity index (χ0n) is 13.8. The molecule has 1 N–H and O–H groups in total. The van der Waals surface area contributed by atoms with E-state index in [0.717, 1.165) is 19.3 Å². The topological polar surface area (TPSA) is 72.5 Å². The number of hydrogen-bond acceptors (Lipinski definition) is 4. The molecule has 0 saturated heterocycles. The second-order valence-electron chi connectivity index (χ2n) is 7.82. The van der Waals surface area contributed by atoms with E-state index in [2.05, 4.69) is 9.46 Å². The molecule has 0 unspecified atom stereocenters. The van der Waals surface area contributed by atoms with E-state index in [1.807, 2.05) is 0 Å². The van der Waals surface area contributed by atoms with E-state index in [-0.39, 0.29) is 16.0 Å². The van der Waals surface area contributed by atoms with E-state index in [1.165, 1.54) is 38.5 Å². The summed E-state index contributed by atoms with van der Waals surface area (Å²) in [5, 5.41) is 0. The molecule has 5 nitrogen and oxygen atoms in total. The molecule has 0 amide bonds. The molecule has 24 heavy (non-hydrogen) atoms. The molecule has 5 rings (SSSR count). The van der Waals surface area contributed by atoms with Crippen molar-refractivity contribution in [2.45, 2.75) is 49.0 Å². The van der Waals surface area contributed by atoms with Gasteiger partial charge in [-0.15, -0.1) is 0 Å². The third-order valence-electron chi connectivity index (χ3n) is 5.95. The van der Waals surface area contributed by atoms with Gasteiger partial charge in [-0.1, -0.05) is 6.07 Å². The van der Waals surface area contributed by atoms with E-state index in [9.17, 15) is 13.2 Å². The first-order chi connectivity index (χ1) is 11.4. The van der Waals surface area contributed by atoms with Gasteiger partial charge in [0, 0.05) is 5.54 Å². The number of ether oxygens (including phenoxy) is 1. The van der Waals surface area contributed by atoms with Crippen molar-refractivity contribution in [3.63, 3.8) is 0 Å². The van der Waals surface area contributed by atoms with Crippen LogP contribution in [0.2, 0.25) is 0 Å². The van der Waals surface area contributed by atoms with Crippen molar-refractivity contribution < 1.29 is 17.9 Å². The number of esters is 1. The molecule has 4 bridgehead atoms. The maximum absolute atomic E-state index is 12.9. The van der Waals surface area contributed by atoms with Gasteiger partial charge in [-0.25, -0.2) is 17.9 Å². The standard InChI is InChI=1S/C18H23NO4S/c1-23-17(20)15-3-2-4-16(8-15)24(21,22)19-18-9-12-5-13(10-18)7-14(6-12)11-18/h2-4,8,12-14,19H,5-7,9-11H2,1H3. The first-order valence-electron chi connectivity index (χ1n) is 8.61. The van der Waals surface area contributed by atoms with Gasteiger partial charge in [-0.05, 0) is 74.5 Å². The van der Waals surface area contributed by atoms with Crippen molar-refractivity contribution in [3.8, 4) is 0 Å². The second-order valence-corrected chi connectivity index (χ2v) is 9.51. The number of nitrogens with one attached hydrogen (secondary N) is 1. The normalized spacial score (nSPS) is 34.3. The maximum atomic E-state index is 12.9. The van der Waals surface area contributed by atoms with Gasteiger partial charge in [0.25, 0.3) is 0 Å². The summed E-state index contributed by atoms with van der Waals surface area (Å²) in [6, 6.07) is 6.08. The summed E-state index contributed by atoms with van der Waals surface area (Å²) < 4.78 is 33.5. The number of hydrogen-bond donors (Lipinski definition) is 1. The summed E-state index contributed by atoms with van der Waals surface area (Å²) >= 11 is 0. The molecule has 4 aliphatic rings. The van der Waals surface area contributed by atoms with Crippen LogP contribution in [0.25, 0.3) is 0 Å². The summed E-state index contributed by atoms with van der Waals surface area (Å²) in [5.74, 6) is 1.47. The molecule has 130 valence electrons. The van der Waals surface area contributed by atoms with Gasteiger partial charge in [-0.3, -0.25) is 0 Å². The number of sulfonamides is 1. The van der Waals surface area contributed by atoms with Crippen molar-refractivity contribution in [3.05, 3.63) is 29.8 Å². The molecule has 0 aliphatic heterocycles. The van der Waals surface area contributed by atoms with Crippen molar-refractivity contribution in [2.24, 2.45) is 17.8 Å². The summed E-state index contributed by atoms with van der Waals surface area (Å²) in [6.07, 6.45) is 6.65. The fraction of sp³-hybridized carbons (Fsp3) is 0.611. The summed E-state index contributed by atoms with van der Waals surface area (Å²) in [5.41, 5.74) is -0.0274. The van der Waals surface area contributed by atoms with E-state index in [0.29, 0.717) is 17.8 Å². The van der Waals surface area contributed by atoms with Crippen molar-refractivity contribution in [1.29, 1.82) is 0 Å². The van der Waals surface area contributed by atoms with Gasteiger partial charge in [0.2, 0.25) is 10.0 Å². The monoisotopic (exact) mass is 349 g/mol. The number of methoxy groups -OCH3 is 1. The minimum absolute atomic E-state index is 0.140. The molecule has 4 saturated carbocycles. The molecule has 6 heteroatoms. The molecule has 1 aromatic carbocycles. The van der Waals surface area contributed by atoms with Crippen LogP contribution < -0.4 is 4.72 Å². The van der Waals surface area contributed by atoms with Crippen molar-refractivity contribution in [2.75, 3.05) is 7.11 Å². The fourth-order valence-corrected chi connectivity index (χ4v) is 6.97. The van der Waals surface area contributed by atoms with Crippen LogP contribution in [0.4, 0.5) is 0 Å². The average Bonchev–Trinajstić information content (AvgIpc) is 2.52. The molecule has 0 atom stereocenters. The van der Waals surface area contributed by atoms with Crippen LogP contribution in [-0.4, -0.2) is 27.0 Å². The Bertz CT molecular complexity index is 736. The molecule has 0 aromatic heterocycles. The van der Waals surface area contributed by atoms with Gasteiger partial charge >= 0.3 is 5.97 Å². The van der Waals surface area contributed by atoms with Crippen LogP contribution in [0, 0.1) is 17.8 Å². The molecule has 0 spiro atoms. The number of carbonyl (C=O) groups is 1. The Balaban J connectivity index is 1.61. The van der Waals surface area contributed by atoms with E-state index < -0.39 is 16.0 Å². The Morgan fingerprint density at radius 1 is 1.12 bits per heavy atom. The van der Waals surface area contributed by atoms with Crippen molar-refractivity contribution >= 4 is 16.0 Å². The molecule has 1 aromatic rings. The molecule has 0 heterocycles. The molecule has 4 fully saturated rings. The highest BCUT2D eigenvalue weighted by Crippen LogP contribution is 2.55. The SMILES string of the molecule is COC(=O)c1cccc(S(=O)(=O)NC23CC4CC(CC(C4)C2)C3)c1. The van der Waals surface area contributed by atoms with Gasteiger partial charge < -0.3 is 4.74 Å². The van der Waals surface area contributed by atoms with Crippen LogP contribution in [-0.2, 0) is 14.8 Å². The van der Waals surface area contributed by atoms with E-state index >= 15 is 0 Å². The lowest BCUT2D eigenvalue weighted by atomic mass is 9.53. The van der Waals surface area contributed by atoms with Gasteiger partial charge in [-0.2, -0.15) is 0 Å². The zero-order valence-corrected chi connectivity index (χ0v) is 14.6. The molecule has 4 aliphatic carbocycles. The highest BCUT2D eigenvalue weighted by molar-refractivity contribution is 7.89. The Hall–Kier alpha value is -1.40. The smallest absolute Gasteiger partial charge is 0.337 e. The number of benzene rings is 1. The first kappa shape index (κ1) is 16.1. The minimum atomic E-state index is -3.64. The summed E-state index contributed by atoms with van der Waals surface area (Å²) in [4.78, 5) is 11.8. The van der Waals surface area contributed by atoms with Gasteiger partial charge in [0.05, 0.1) is 17.6 Å². The van der Waals surface area contributed by atoms with Crippen LogP contribution in [0.3, 0.4) is 0 Å². The highest BCUT2D eigenvalue weighted by Gasteiger charge is 2.52. The largest absolute Gasteiger partial charge is 0.465 e. The predicted octanol–water partition coefficient (Wildman–Crippen LogP) is 2.72. The summed E-state index contributed by atoms with van der Waals surface area (Å²) in [6.45, 7) is 0. The quantitative estimate of drug-likeness (QED) is 0.849. The lowest BCUT2D eigenvalue weighted by Gasteiger charge is -2.56. The van der Waals surface area contributed by atoms with E-state index in [4.69, 9.17) is 0 Å². The van der Waals surface area contributed by atoms with Gasteiger partial charge in [0.1, 0.15) is 0 Å². The maximum Gasteiger partial charge on any atom is 0.337 e. The van der Waals surface area contributed by atoms with Crippen LogP contribution in [0.5, 0.6) is 0 Å². The first-order valence-corrected chi connectivity index (χ1v) is 10.1. The Morgan fingerprint density at radius 2 is 1.71 bits per heavy atom. The highest BCUT2D eigenvalue weighted by atomic mass is 32.2. The van der Waals surface area contributed by atoms with Crippen LogP contribution in [0.15, 0.2) is 29.2 Å². The Kier molecular flexibility index (Phi) is 3.73. The fourth-order valence-electron chi connectivity index (χ4n) is 5.49. The van der Waals surface area contributed by atoms with E-state index in [1.54, 1.807) is 12.1 Å². The van der Waals surface area contributed by atoms with Crippen LogP contribution >= 0.6 is 0 Å². The minimum Gasteiger partial charge on any atom is -0.465 e. The zero-order chi connectivity index (χ0) is 16.9. The number of carbonyl (C=O) groups excluding carboxylic acids is 1. The third kappa shape index (κ3) is 2.75. The average molecular weight is 349 g/mol. The molecule has 0 radical (unpaired) electrons. The molecular weight excluding hydrogens is 326 g/mol. The lowest BCUT2D eigenvalue weighted by molar-refractivity contribution is -0.00810. The Morgan fingerprint density at radius 3 is 2.25 bits per heavy atom. The van der Waals surface area contributed by atoms with Crippen LogP contribution in [0.1, 0.15) is 48.9 Å².